The van der Waals surface area contributed by atoms with Crippen molar-refractivity contribution in [3.63, 3.8) is 0 Å². The highest BCUT2D eigenvalue weighted by Gasteiger charge is 2.35. The summed E-state index contributed by atoms with van der Waals surface area (Å²) in [7, 11) is 0. The van der Waals surface area contributed by atoms with Crippen molar-refractivity contribution < 1.29 is 9.59 Å². The molecule has 0 saturated carbocycles. The van der Waals surface area contributed by atoms with Gasteiger partial charge in [0.25, 0.3) is 11.8 Å². The Labute approximate surface area is 180 Å². The number of anilines is 1. The normalized spacial score (nSPS) is 16.0. The first-order valence-electron chi connectivity index (χ1n) is 10.3. The lowest BCUT2D eigenvalue weighted by molar-refractivity contribution is -0.119. The number of nitrogens with zero attached hydrogens (tertiary/aromatic N) is 2. The number of aliphatic imine (C=N–C) groups is 1. The Morgan fingerprint density at radius 1 is 0.968 bits per heavy atom. The van der Waals surface area contributed by atoms with Gasteiger partial charge in [-0.25, -0.2) is 4.90 Å². The van der Waals surface area contributed by atoms with E-state index in [9.17, 15) is 9.59 Å². The first kappa shape index (κ1) is 19.0. The number of imide groups is 1. The SMILES string of the molecule is CC1=NC(Cc2c[nH]c3ccccc23)C(=O)N(C(=O)c2ccccc2)c2ccccc21. The predicted octanol–water partition coefficient (Wildman–Crippen LogP) is 4.78. The van der Waals surface area contributed by atoms with E-state index in [1.165, 1.54) is 4.90 Å². The first-order valence-corrected chi connectivity index (χ1v) is 10.3. The van der Waals surface area contributed by atoms with E-state index in [0.717, 1.165) is 27.7 Å². The van der Waals surface area contributed by atoms with Crippen molar-refractivity contribution in [3.05, 3.63) is 102 Å². The number of carbonyl (C=O) groups excluding carboxylic acids is 2. The van der Waals surface area contributed by atoms with Crippen LogP contribution in [-0.4, -0.2) is 28.6 Å². The number of fused-ring (bicyclic) bond motifs is 2. The van der Waals surface area contributed by atoms with Crippen molar-refractivity contribution in [1.29, 1.82) is 0 Å². The molecule has 5 nitrogen and oxygen atoms in total. The van der Waals surface area contributed by atoms with Gasteiger partial charge in [-0.2, -0.15) is 0 Å². The average molecular weight is 407 g/mol. The molecule has 0 fully saturated rings. The second kappa shape index (κ2) is 7.69. The second-order valence-electron chi connectivity index (χ2n) is 7.66. The Morgan fingerprint density at radius 2 is 1.68 bits per heavy atom. The molecule has 0 saturated heterocycles. The molecule has 0 spiro atoms. The van der Waals surface area contributed by atoms with Crippen molar-refractivity contribution in [1.82, 2.24) is 4.98 Å². The summed E-state index contributed by atoms with van der Waals surface area (Å²) in [4.78, 5) is 36.5. The quantitative estimate of drug-likeness (QED) is 0.497. The van der Waals surface area contributed by atoms with Crippen LogP contribution in [0.15, 0.2) is 90.1 Å². The van der Waals surface area contributed by atoms with Crippen molar-refractivity contribution in [2.75, 3.05) is 4.90 Å². The third-order valence-corrected chi connectivity index (χ3v) is 5.70. The van der Waals surface area contributed by atoms with Gasteiger partial charge in [-0.3, -0.25) is 14.6 Å². The number of aromatic amines is 1. The lowest BCUT2D eigenvalue weighted by atomic mass is 10.0. The van der Waals surface area contributed by atoms with Gasteiger partial charge in [0.2, 0.25) is 0 Å². The molecule has 1 aliphatic rings. The summed E-state index contributed by atoms with van der Waals surface area (Å²) < 4.78 is 0. The number of benzodiazepines with no additional fused rings is 1. The minimum atomic E-state index is -0.695. The summed E-state index contributed by atoms with van der Waals surface area (Å²) in [5.74, 6) is -0.657. The van der Waals surface area contributed by atoms with E-state index in [1.807, 2.05) is 61.7 Å². The van der Waals surface area contributed by atoms with Gasteiger partial charge in [0.15, 0.2) is 0 Å². The van der Waals surface area contributed by atoms with Gasteiger partial charge >= 0.3 is 0 Å². The number of hydrogen-bond donors (Lipinski definition) is 1. The number of carbonyl (C=O) groups is 2. The van der Waals surface area contributed by atoms with Crippen LogP contribution in [0.5, 0.6) is 0 Å². The number of rotatable bonds is 3. The fourth-order valence-electron chi connectivity index (χ4n) is 4.16. The molecule has 0 bridgehead atoms. The zero-order valence-corrected chi connectivity index (χ0v) is 17.1. The maximum Gasteiger partial charge on any atom is 0.265 e. The Balaban J connectivity index is 1.60. The number of H-pyrrole nitrogens is 1. The maximum absolute atomic E-state index is 13.7. The minimum Gasteiger partial charge on any atom is -0.361 e. The molecule has 31 heavy (non-hydrogen) atoms. The third-order valence-electron chi connectivity index (χ3n) is 5.70. The Bertz CT molecular complexity index is 1320. The summed E-state index contributed by atoms with van der Waals surface area (Å²) in [6.07, 6.45) is 2.33. The van der Waals surface area contributed by atoms with Gasteiger partial charge in [0.1, 0.15) is 6.04 Å². The molecule has 1 atom stereocenters. The van der Waals surface area contributed by atoms with E-state index in [-0.39, 0.29) is 11.8 Å². The molecule has 2 heterocycles. The van der Waals surface area contributed by atoms with Crippen molar-refractivity contribution in [2.45, 2.75) is 19.4 Å². The summed E-state index contributed by atoms with van der Waals surface area (Å²) in [5, 5.41) is 1.06. The summed E-state index contributed by atoms with van der Waals surface area (Å²) in [6, 6.07) is 23.6. The molecule has 5 heteroatoms. The van der Waals surface area contributed by atoms with E-state index < -0.39 is 6.04 Å². The van der Waals surface area contributed by atoms with Crippen molar-refractivity contribution >= 4 is 34.1 Å². The molecule has 152 valence electrons. The monoisotopic (exact) mass is 407 g/mol. The van der Waals surface area contributed by atoms with E-state index in [1.54, 1.807) is 30.3 Å². The number of nitrogens with one attached hydrogen (secondary N) is 1. The smallest absolute Gasteiger partial charge is 0.265 e. The van der Waals surface area contributed by atoms with E-state index in [0.29, 0.717) is 17.7 Å². The Kier molecular flexibility index (Phi) is 4.71. The van der Waals surface area contributed by atoms with Gasteiger partial charge < -0.3 is 4.98 Å². The molecule has 1 aliphatic heterocycles. The molecule has 4 aromatic rings. The lowest BCUT2D eigenvalue weighted by Crippen LogP contribution is -2.43. The lowest BCUT2D eigenvalue weighted by Gasteiger charge is -2.23. The molecule has 0 aliphatic carbocycles. The van der Waals surface area contributed by atoms with Gasteiger partial charge in [-0.05, 0) is 36.8 Å². The highest BCUT2D eigenvalue weighted by atomic mass is 16.2. The van der Waals surface area contributed by atoms with E-state index in [2.05, 4.69) is 4.98 Å². The standard InChI is InChI=1S/C26H21N3O2/c1-17-20-11-6-8-14-24(20)29(25(30)18-9-3-2-4-10-18)26(31)23(28-17)15-19-16-27-22-13-7-5-12-21(19)22/h2-14,16,23,27H,15H2,1H3. The van der Waals surface area contributed by atoms with Gasteiger partial charge in [-0.1, -0.05) is 54.6 Å². The summed E-state index contributed by atoms with van der Waals surface area (Å²) >= 11 is 0. The molecule has 1 unspecified atom stereocenters. The molecular formula is C26H21N3O2. The zero-order valence-electron chi connectivity index (χ0n) is 17.1. The van der Waals surface area contributed by atoms with E-state index >= 15 is 0 Å². The molecule has 1 aromatic heterocycles. The van der Waals surface area contributed by atoms with Gasteiger partial charge in [-0.15, -0.1) is 0 Å². The van der Waals surface area contributed by atoms with Gasteiger partial charge in [0, 0.05) is 40.4 Å². The first-order chi connectivity index (χ1) is 15.1. The van der Waals surface area contributed by atoms with Crippen LogP contribution in [0.4, 0.5) is 5.69 Å². The Morgan fingerprint density at radius 3 is 2.52 bits per heavy atom. The largest absolute Gasteiger partial charge is 0.361 e. The highest BCUT2D eigenvalue weighted by molar-refractivity contribution is 6.26. The van der Waals surface area contributed by atoms with Crippen molar-refractivity contribution in [2.24, 2.45) is 4.99 Å². The van der Waals surface area contributed by atoms with Crippen LogP contribution in [0.2, 0.25) is 0 Å². The number of amides is 2. The van der Waals surface area contributed by atoms with Crippen LogP contribution in [0.25, 0.3) is 10.9 Å². The molecule has 1 N–H and O–H groups in total. The number of hydrogen-bond acceptors (Lipinski definition) is 3. The molecule has 0 radical (unpaired) electrons. The molecular weight excluding hydrogens is 386 g/mol. The Hall–Kier alpha value is -3.99. The van der Waals surface area contributed by atoms with Crippen LogP contribution < -0.4 is 4.90 Å². The van der Waals surface area contributed by atoms with Crippen LogP contribution in [0, 0.1) is 0 Å². The predicted molar refractivity (Wildman–Crippen MR) is 123 cm³/mol. The third kappa shape index (κ3) is 3.34. The fourth-order valence-corrected chi connectivity index (χ4v) is 4.16. The topological polar surface area (TPSA) is 65.5 Å². The van der Waals surface area contributed by atoms with Crippen LogP contribution >= 0.6 is 0 Å². The summed E-state index contributed by atoms with van der Waals surface area (Å²) in [5.41, 5.74) is 4.60. The molecule has 2 amide bonds. The number of aromatic nitrogens is 1. The van der Waals surface area contributed by atoms with Crippen molar-refractivity contribution in [3.8, 4) is 0 Å². The van der Waals surface area contributed by atoms with Crippen LogP contribution in [0.1, 0.15) is 28.4 Å². The van der Waals surface area contributed by atoms with Gasteiger partial charge in [0.05, 0.1) is 5.69 Å². The van der Waals surface area contributed by atoms with E-state index in [4.69, 9.17) is 4.99 Å². The minimum absolute atomic E-state index is 0.316. The highest BCUT2D eigenvalue weighted by Crippen LogP contribution is 2.29. The fraction of sp³-hybridized carbons (Fsp3) is 0.115. The summed E-state index contributed by atoms with van der Waals surface area (Å²) in [6.45, 7) is 1.89. The average Bonchev–Trinajstić information content (AvgIpc) is 3.18. The second-order valence-corrected chi connectivity index (χ2v) is 7.66. The maximum atomic E-state index is 13.7. The zero-order chi connectivity index (χ0) is 21.4. The molecule has 3 aromatic carbocycles. The molecule has 5 rings (SSSR count). The van der Waals surface area contributed by atoms with Crippen LogP contribution in [-0.2, 0) is 11.2 Å². The van der Waals surface area contributed by atoms with Crippen LogP contribution in [0.3, 0.4) is 0 Å². The number of para-hydroxylation sites is 2. The number of benzene rings is 3.